The number of aliphatic hydroxyl groups is 1. The Kier molecular flexibility index (Phi) is 5.46. The van der Waals surface area contributed by atoms with Gasteiger partial charge < -0.3 is 15.3 Å². The molecule has 90 valence electrons. The topological polar surface area (TPSA) is 35.5 Å². The Morgan fingerprint density at radius 1 is 1.31 bits per heavy atom. The van der Waals surface area contributed by atoms with Crippen molar-refractivity contribution in [3.8, 4) is 0 Å². The maximum atomic E-state index is 9.66. The number of rotatable bonds is 6. The molecule has 1 atom stereocenters. The SMILES string of the molecule is Cc1ccccc1CNCC(O)CN(C)C. The zero-order chi connectivity index (χ0) is 12.0. The molecule has 0 amide bonds. The number of hydrogen-bond acceptors (Lipinski definition) is 3. The Hall–Kier alpha value is -0.900. The zero-order valence-electron chi connectivity index (χ0n) is 10.4. The highest BCUT2D eigenvalue weighted by atomic mass is 16.3. The second-order valence-corrected chi connectivity index (χ2v) is 4.47. The quantitative estimate of drug-likeness (QED) is 0.754. The molecule has 1 aromatic rings. The molecule has 0 aromatic heterocycles. The number of nitrogens with one attached hydrogen (secondary N) is 1. The van der Waals surface area contributed by atoms with E-state index in [1.165, 1.54) is 11.1 Å². The van der Waals surface area contributed by atoms with Gasteiger partial charge in [0.2, 0.25) is 0 Å². The lowest BCUT2D eigenvalue weighted by Crippen LogP contribution is -2.34. The van der Waals surface area contributed by atoms with Crippen LogP contribution >= 0.6 is 0 Å². The van der Waals surface area contributed by atoms with Gasteiger partial charge in [-0.2, -0.15) is 0 Å². The lowest BCUT2D eigenvalue weighted by Gasteiger charge is -2.16. The van der Waals surface area contributed by atoms with Crippen LogP contribution in [0.2, 0.25) is 0 Å². The summed E-state index contributed by atoms with van der Waals surface area (Å²) < 4.78 is 0. The fourth-order valence-corrected chi connectivity index (χ4v) is 1.67. The minimum atomic E-state index is -0.306. The minimum Gasteiger partial charge on any atom is -0.390 e. The average molecular weight is 222 g/mol. The van der Waals surface area contributed by atoms with Crippen LogP contribution in [0.4, 0.5) is 0 Å². The molecule has 0 saturated heterocycles. The predicted octanol–water partition coefficient (Wildman–Crippen LogP) is 1.01. The molecule has 1 rings (SSSR count). The van der Waals surface area contributed by atoms with E-state index < -0.39 is 0 Å². The first-order valence-electron chi connectivity index (χ1n) is 5.67. The van der Waals surface area contributed by atoms with Gasteiger partial charge in [0.25, 0.3) is 0 Å². The van der Waals surface area contributed by atoms with Gasteiger partial charge in [0.15, 0.2) is 0 Å². The molecule has 0 aliphatic rings. The molecule has 0 fully saturated rings. The van der Waals surface area contributed by atoms with E-state index in [4.69, 9.17) is 0 Å². The molecule has 0 aliphatic heterocycles. The minimum absolute atomic E-state index is 0.306. The monoisotopic (exact) mass is 222 g/mol. The smallest absolute Gasteiger partial charge is 0.0791 e. The van der Waals surface area contributed by atoms with E-state index in [1.807, 2.05) is 31.1 Å². The Balaban J connectivity index is 2.28. The third-order valence-corrected chi connectivity index (χ3v) is 2.53. The summed E-state index contributed by atoms with van der Waals surface area (Å²) in [6.07, 6.45) is -0.306. The van der Waals surface area contributed by atoms with Crippen molar-refractivity contribution in [3.05, 3.63) is 35.4 Å². The van der Waals surface area contributed by atoms with E-state index >= 15 is 0 Å². The zero-order valence-corrected chi connectivity index (χ0v) is 10.4. The highest BCUT2D eigenvalue weighted by molar-refractivity contribution is 5.25. The average Bonchev–Trinajstić information content (AvgIpc) is 2.19. The fourth-order valence-electron chi connectivity index (χ4n) is 1.67. The summed E-state index contributed by atoms with van der Waals surface area (Å²) in [5, 5.41) is 12.9. The Morgan fingerprint density at radius 3 is 2.62 bits per heavy atom. The summed E-state index contributed by atoms with van der Waals surface area (Å²) in [6.45, 7) is 4.25. The predicted molar refractivity (Wildman–Crippen MR) is 67.4 cm³/mol. The van der Waals surface area contributed by atoms with Crippen molar-refractivity contribution in [2.24, 2.45) is 0 Å². The molecule has 16 heavy (non-hydrogen) atoms. The van der Waals surface area contributed by atoms with E-state index in [-0.39, 0.29) is 6.10 Å². The van der Waals surface area contributed by atoms with Crippen molar-refractivity contribution in [2.75, 3.05) is 27.2 Å². The van der Waals surface area contributed by atoms with Crippen molar-refractivity contribution in [1.82, 2.24) is 10.2 Å². The Bertz CT molecular complexity index is 313. The van der Waals surface area contributed by atoms with Crippen LogP contribution in [0.5, 0.6) is 0 Å². The van der Waals surface area contributed by atoms with E-state index in [2.05, 4.69) is 24.4 Å². The first-order valence-corrected chi connectivity index (χ1v) is 5.67. The summed E-state index contributed by atoms with van der Waals surface area (Å²) in [6, 6.07) is 8.30. The van der Waals surface area contributed by atoms with Crippen LogP contribution in [0.3, 0.4) is 0 Å². The van der Waals surface area contributed by atoms with Crippen LogP contribution in [0.25, 0.3) is 0 Å². The van der Waals surface area contributed by atoms with Gasteiger partial charge in [0, 0.05) is 19.6 Å². The molecule has 0 aliphatic carbocycles. The highest BCUT2D eigenvalue weighted by Gasteiger charge is 2.04. The van der Waals surface area contributed by atoms with Crippen LogP contribution in [0.15, 0.2) is 24.3 Å². The molecule has 0 bridgehead atoms. The van der Waals surface area contributed by atoms with E-state index in [0.29, 0.717) is 13.1 Å². The van der Waals surface area contributed by atoms with Crippen molar-refractivity contribution < 1.29 is 5.11 Å². The molecule has 1 unspecified atom stereocenters. The van der Waals surface area contributed by atoms with Gasteiger partial charge in [-0.15, -0.1) is 0 Å². The summed E-state index contributed by atoms with van der Waals surface area (Å²) in [4.78, 5) is 1.99. The number of aliphatic hydroxyl groups excluding tert-OH is 1. The number of nitrogens with zero attached hydrogens (tertiary/aromatic N) is 1. The van der Waals surface area contributed by atoms with Gasteiger partial charge in [0.05, 0.1) is 6.10 Å². The van der Waals surface area contributed by atoms with Crippen molar-refractivity contribution in [2.45, 2.75) is 19.6 Å². The molecular formula is C13H22N2O. The third-order valence-electron chi connectivity index (χ3n) is 2.53. The Morgan fingerprint density at radius 2 is 2.00 bits per heavy atom. The second kappa shape index (κ2) is 6.63. The molecule has 3 nitrogen and oxygen atoms in total. The normalized spacial score (nSPS) is 13.1. The van der Waals surface area contributed by atoms with Crippen LogP contribution in [-0.4, -0.2) is 43.3 Å². The number of hydrogen-bond donors (Lipinski definition) is 2. The van der Waals surface area contributed by atoms with Crippen molar-refractivity contribution >= 4 is 0 Å². The number of aryl methyl sites for hydroxylation is 1. The van der Waals surface area contributed by atoms with Crippen molar-refractivity contribution in [3.63, 3.8) is 0 Å². The molecule has 0 radical (unpaired) electrons. The maximum Gasteiger partial charge on any atom is 0.0791 e. The summed E-state index contributed by atoms with van der Waals surface area (Å²) in [5.41, 5.74) is 2.58. The lowest BCUT2D eigenvalue weighted by molar-refractivity contribution is 0.134. The summed E-state index contributed by atoms with van der Waals surface area (Å²) in [5.74, 6) is 0. The first-order chi connectivity index (χ1) is 7.59. The number of likely N-dealkylation sites (N-methyl/N-ethyl adjacent to an activating group) is 1. The van der Waals surface area contributed by atoms with Gasteiger partial charge in [-0.05, 0) is 32.1 Å². The Labute approximate surface area is 98.1 Å². The van der Waals surface area contributed by atoms with E-state index in [9.17, 15) is 5.11 Å². The fraction of sp³-hybridized carbons (Fsp3) is 0.538. The molecular weight excluding hydrogens is 200 g/mol. The van der Waals surface area contributed by atoms with Gasteiger partial charge in [-0.1, -0.05) is 24.3 Å². The largest absolute Gasteiger partial charge is 0.390 e. The standard InChI is InChI=1S/C13H22N2O/c1-11-6-4-5-7-12(11)8-14-9-13(16)10-15(2)3/h4-7,13-14,16H,8-10H2,1-3H3. The van der Waals surface area contributed by atoms with E-state index in [1.54, 1.807) is 0 Å². The lowest BCUT2D eigenvalue weighted by atomic mass is 10.1. The van der Waals surface area contributed by atoms with E-state index in [0.717, 1.165) is 6.54 Å². The molecule has 0 saturated carbocycles. The van der Waals surface area contributed by atoms with Crippen molar-refractivity contribution in [1.29, 1.82) is 0 Å². The molecule has 2 N–H and O–H groups in total. The first kappa shape index (κ1) is 13.2. The summed E-state index contributed by atoms with van der Waals surface area (Å²) in [7, 11) is 3.93. The van der Waals surface area contributed by atoms with Gasteiger partial charge in [-0.3, -0.25) is 0 Å². The van der Waals surface area contributed by atoms with Crippen LogP contribution in [0.1, 0.15) is 11.1 Å². The van der Waals surface area contributed by atoms with Crippen LogP contribution in [-0.2, 0) is 6.54 Å². The summed E-state index contributed by atoms with van der Waals surface area (Å²) >= 11 is 0. The number of benzene rings is 1. The molecule has 0 spiro atoms. The van der Waals surface area contributed by atoms with Gasteiger partial charge >= 0.3 is 0 Å². The van der Waals surface area contributed by atoms with Crippen LogP contribution in [0, 0.1) is 6.92 Å². The van der Waals surface area contributed by atoms with Gasteiger partial charge in [0.1, 0.15) is 0 Å². The van der Waals surface area contributed by atoms with Gasteiger partial charge in [-0.25, -0.2) is 0 Å². The highest BCUT2D eigenvalue weighted by Crippen LogP contribution is 2.05. The second-order valence-electron chi connectivity index (χ2n) is 4.47. The molecule has 3 heteroatoms. The van der Waals surface area contributed by atoms with Crippen LogP contribution < -0.4 is 5.32 Å². The third kappa shape index (κ3) is 4.75. The maximum absolute atomic E-state index is 9.66. The molecule has 1 aromatic carbocycles. The molecule has 0 heterocycles.